The van der Waals surface area contributed by atoms with Crippen molar-refractivity contribution >= 4 is 17.6 Å². The molecule has 0 unspecified atom stereocenters. The second kappa shape index (κ2) is 8.58. The number of urea groups is 1. The molecule has 2 N–H and O–H groups in total. The first-order valence-corrected chi connectivity index (χ1v) is 9.20. The molecule has 3 rings (SSSR count). The van der Waals surface area contributed by atoms with Gasteiger partial charge in [0.25, 0.3) is 5.91 Å². The van der Waals surface area contributed by atoms with E-state index in [4.69, 9.17) is 4.74 Å². The van der Waals surface area contributed by atoms with Crippen LogP contribution in [0, 0.1) is 0 Å². The maximum atomic E-state index is 12.8. The van der Waals surface area contributed by atoms with Gasteiger partial charge in [0.1, 0.15) is 5.75 Å². The number of nitrogens with zero attached hydrogens (tertiary/aromatic N) is 1. The average Bonchev–Trinajstić information content (AvgIpc) is 3.47. The van der Waals surface area contributed by atoms with Crippen LogP contribution in [0.2, 0.25) is 0 Å². The summed E-state index contributed by atoms with van der Waals surface area (Å²) in [7, 11) is 1.75. The van der Waals surface area contributed by atoms with E-state index >= 15 is 0 Å². The molecular formula is C21H25N3O3. The quantitative estimate of drug-likeness (QED) is 0.785. The molecule has 0 aliphatic heterocycles. The highest BCUT2D eigenvalue weighted by molar-refractivity contribution is 5.96. The van der Waals surface area contributed by atoms with Gasteiger partial charge in [-0.2, -0.15) is 0 Å². The van der Waals surface area contributed by atoms with Crippen molar-refractivity contribution in [1.82, 2.24) is 10.2 Å². The molecule has 0 aromatic heterocycles. The Morgan fingerprint density at radius 1 is 1.15 bits per heavy atom. The second-order valence-electron chi connectivity index (χ2n) is 6.66. The van der Waals surface area contributed by atoms with Gasteiger partial charge in [0, 0.05) is 36.4 Å². The van der Waals surface area contributed by atoms with Gasteiger partial charge in [-0.15, -0.1) is 0 Å². The number of hydrogen-bond acceptors (Lipinski definition) is 3. The van der Waals surface area contributed by atoms with Crippen LogP contribution in [0.25, 0.3) is 0 Å². The fourth-order valence-electron chi connectivity index (χ4n) is 2.79. The lowest BCUT2D eigenvalue weighted by molar-refractivity contribution is 0.0784. The van der Waals surface area contributed by atoms with Gasteiger partial charge in [0.15, 0.2) is 0 Å². The molecule has 0 bridgehead atoms. The van der Waals surface area contributed by atoms with Gasteiger partial charge in [0.05, 0.1) is 6.61 Å². The molecule has 6 heteroatoms. The summed E-state index contributed by atoms with van der Waals surface area (Å²) in [5.74, 6) is 0.666. The Balaban J connectivity index is 1.66. The Morgan fingerprint density at radius 2 is 1.93 bits per heavy atom. The predicted molar refractivity (Wildman–Crippen MR) is 105 cm³/mol. The molecule has 2 aromatic carbocycles. The van der Waals surface area contributed by atoms with Gasteiger partial charge >= 0.3 is 6.03 Å². The number of nitrogens with one attached hydrogen (secondary N) is 2. The third kappa shape index (κ3) is 5.23. The van der Waals surface area contributed by atoms with E-state index in [-0.39, 0.29) is 18.0 Å². The molecule has 1 aliphatic rings. The van der Waals surface area contributed by atoms with Gasteiger partial charge in [-0.25, -0.2) is 4.79 Å². The number of carbonyl (C=O) groups is 2. The topological polar surface area (TPSA) is 70.7 Å². The highest BCUT2D eigenvalue weighted by Crippen LogP contribution is 2.21. The van der Waals surface area contributed by atoms with Gasteiger partial charge in [0.2, 0.25) is 0 Å². The molecule has 6 nitrogen and oxygen atoms in total. The van der Waals surface area contributed by atoms with Crippen molar-refractivity contribution in [3.63, 3.8) is 0 Å². The van der Waals surface area contributed by atoms with E-state index in [2.05, 4.69) is 10.6 Å². The molecule has 0 spiro atoms. The Morgan fingerprint density at radius 3 is 2.67 bits per heavy atom. The summed E-state index contributed by atoms with van der Waals surface area (Å²) in [6, 6.07) is 14.7. The van der Waals surface area contributed by atoms with Crippen LogP contribution >= 0.6 is 0 Å². The zero-order chi connectivity index (χ0) is 19.2. The molecule has 3 amide bonds. The number of ether oxygens (including phenoxy) is 1. The van der Waals surface area contributed by atoms with E-state index in [0.717, 1.165) is 24.2 Å². The SMILES string of the molecule is CCOc1ccccc1CN(C)C(=O)c1cccc(NC(=O)NC2CC2)c1. The predicted octanol–water partition coefficient (Wildman–Crippen LogP) is 3.64. The second-order valence-corrected chi connectivity index (χ2v) is 6.66. The normalized spacial score (nSPS) is 13.0. The maximum Gasteiger partial charge on any atom is 0.319 e. The van der Waals surface area contributed by atoms with Crippen molar-refractivity contribution in [2.24, 2.45) is 0 Å². The van der Waals surface area contributed by atoms with Crippen molar-refractivity contribution in [3.8, 4) is 5.75 Å². The van der Waals surface area contributed by atoms with Gasteiger partial charge in [-0.05, 0) is 44.0 Å². The van der Waals surface area contributed by atoms with Crippen molar-refractivity contribution in [3.05, 3.63) is 59.7 Å². The number of anilines is 1. The van der Waals surface area contributed by atoms with Crippen LogP contribution in [0.1, 0.15) is 35.7 Å². The zero-order valence-electron chi connectivity index (χ0n) is 15.7. The van der Waals surface area contributed by atoms with E-state index < -0.39 is 0 Å². The first-order chi connectivity index (χ1) is 13.1. The Kier molecular flexibility index (Phi) is 5.96. The Bertz CT molecular complexity index is 818. The Hall–Kier alpha value is -3.02. The molecule has 2 aromatic rings. The van der Waals surface area contributed by atoms with E-state index in [1.807, 2.05) is 31.2 Å². The molecule has 27 heavy (non-hydrogen) atoms. The number of para-hydroxylation sites is 1. The minimum atomic E-state index is -0.235. The summed E-state index contributed by atoms with van der Waals surface area (Å²) in [6.45, 7) is 2.95. The molecule has 0 radical (unpaired) electrons. The standard InChI is InChI=1S/C21H25N3O3/c1-3-27-19-10-5-4-7-16(19)14-24(2)20(25)15-8-6-9-18(13-15)23-21(26)22-17-11-12-17/h4-10,13,17H,3,11-12,14H2,1-2H3,(H2,22,23,26). The summed E-state index contributed by atoms with van der Waals surface area (Å²) in [6.07, 6.45) is 2.06. The van der Waals surface area contributed by atoms with Crippen molar-refractivity contribution in [2.75, 3.05) is 19.0 Å². The van der Waals surface area contributed by atoms with Gasteiger partial charge < -0.3 is 20.3 Å². The largest absolute Gasteiger partial charge is 0.494 e. The lowest BCUT2D eigenvalue weighted by Crippen LogP contribution is -2.30. The number of rotatable bonds is 7. The van der Waals surface area contributed by atoms with Crippen LogP contribution in [0.3, 0.4) is 0 Å². The van der Waals surface area contributed by atoms with Crippen molar-refractivity contribution in [1.29, 1.82) is 0 Å². The molecule has 1 aliphatic carbocycles. The Labute approximate surface area is 159 Å². The fraction of sp³-hybridized carbons (Fsp3) is 0.333. The van der Waals surface area contributed by atoms with Gasteiger partial charge in [-0.3, -0.25) is 4.79 Å². The average molecular weight is 367 g/mol. The summed E-state index contributed by atoms with van der Waals surface area (Å²) in [5, 5.41) is 5.65. The molecular weight excluding hydrogens is 342 g/mol. The maximum absolute atomic E-state index is 12.8. The molecule has 0 heterocycles. The molecule has 0 atom stereocenters. The zero-order valence-corrected chi connectivity index (χ0v) is 15.7. The smallest absolute Gasteiger partial charge is 0.319 e. The van der Waals surface area contributed by atoms with Crippen LogP contribution in [0.5, 0.6) is 5.75 Å². The third-order valence-electron chi connectivity index (χ3n) is 4.31. The minimum absolute atomic E-state index is 0.118. The molecule has 1 saturated carbocycles. The lowest BCUT2D eigenvalue weighted by Gasteiger charge is -2.19. The summed E-state index contributed by atoms with van der Waals surface area (Å²) < 4.78 is 5.63. The van der Waals surface area contributed by atoms with Crippen LogP contribution in [-0.2, 0) is 6.54 Å². The highest BCUT2D eigenvalue weighted by atomic mass is 16.5. The fourth-order valence-corrected chi connectivity index (χ4v) is 2.79. The lowest BCUT2D eigenvalue weighted by atomic mass is 10.1. The molecule has 1 fully saturated rings. The highest BCUT2D eigenvalue weighted by Gasteiger charge is 2.23. The monoisotopic (exact) mass is 367 g/mol. The minimum Gasteiger partial charge on any atom is -0.494 e. The summed E-state index contributed by atoms with van der Waals surface area (Å²) >= 11 is 0. The van der Waals surface area contributed by atoms with Gasteiger partial charge in [-0.1, -0.05) is 24.3 Å². The van der Waals surface area contributed by atoms with E-state index in [1.165, 1.54) is 0 Å². The first-order valence-electron chi connectivity index (χ1n) is 9.20. The first kappa shape index (κ1) is 18.8. The number of benzene rings is 2. The summed E-state index contributed by atoms with van der Waals surface area (Å²) in [4.78, 5) is 26.3. The number of hydrogen-bond donors (Lipinski definition) is 2. The number of amides is 3. The summed E-state index contributed by atoms with van der Waals surface area (Å²) in [5.41, 5.74) is 2.08. The third-order valence-corrected chi connectivity index (χ3v) is 4.31. The van der Waals surface area contributed by atoms with E-state index in [9.17, 15) is 9.59 Å². The molecule has 142 valence electrons. The van der Waals surface area contributed by atoms with Crippen LogP contribution in [-0.4, -0.2) is 36.5 Å². The van der Waals surface area contributed by atoms with Crippen LogP contribution < -0.4 is 15.4 Å². The van der Waals surface area contributed by atoms with Crippen LogP contribution in [0.15, 0.2) is 48.5 Å². The molecule has 0 saturated heterocycles. The van der Waals surface area contributed by atoms with Crippen molar-refractivity contribution < 1.29 is 14.3 Å². The van der Waals surface area contributed by atoms with E-state index in [0.29, 0.717) is 24.4 Å². The number of carbonyl (C=O) groups excluding carboxylic acids is 2. The van der Waals surface area contributed by atoms with Crippen molar-refractivity contribution in [2.45, 2.75) is 32.4 Å². The van der Waals surface area contributed by atoms with Crippen LogP contribution in [0.4, 0.5) is 10.5 Å². The van der Waals surface area contributed by atoms with E-state index in [1.54, 1.807) is 36.2 Å².